The topological polar surface area (TPSA) is 74.8 Å². The van der Waals surface area contributed by atoms with Crippen molar-refractivity contribution in [1.82, 2.24) is 16.0 Å². The number of guanidine groups is 1. The van der Waals surface area contributed by atoms with E-state index in [0.717, 1.165) is 25.5 Å². The molecule has 1 fully saturated rings. The summed E-state index contributed by atoms with van der Waals surface area (Å²) in [4.78, 5) is 15.7. The molecule has 3 N–H and O–H groups in total. The lowest BCUT2D eigenvalue weighted by molar-refractivity contribution is -0.123. The molecule has 1 aliphatic rings. The van der Waals surface area contributed by atoms with Crippen LogP contribution in [0.5, 0.6) is 0 Å². The van der Waals surface area contributed by atoms with Gasteiger partial charge in [-0.25, -0.2) is 0 Å². The maximum Gasteiger partial charge on any atom is 0.222 e. The minimum absolute atomic E-state index is 0.0218. The summed E-state index contributed by atoms with van der Waals surface area (Å²) in [6.45, 7) is 8.74. The first-order valence-corrected chi connectivity index (χ1v) is 9.42. The maximum absolute atomic E-state index is 11.5. The van der Waals surface area contributed by atoms with Crippen LogP contribution in [0.15, 0.2) is 4.99 Å². The second-order valence-corrected chi connectivity index (χ2v) is 6.70. The van der Waals surface area contributed by atoms with Gasteiger partial charge in [-0.15, -0.1) is 0 Å². The predicted molar refractivity (Wildman–Crippen MR) is 99.2 cm³/mol. The molecule has 0 heterocycles. The van der Waals surface area contributed by atoms with Gasteiger partial charge in [-0.05, 0) is 32.1 Å². The van der Waals surface area contributed by atoms with Crippen molar-refractivity contribution in [3.05, 3.63) is 0 Å². The second kappa shape index (κ2) is 12.1. The van der Waals surface area contributed by atoms with Gasteiger partial charge in [0.1, 0.15) is 0 Å². The zero-order chi connectivity index (χ0) is 17.8. The Balaban J connectivity index is 2.21. The van der Waals surface area contributed by atoms with Gasteiger partial charge in [-0.2, -0.15) is 0 Å². The van der Waals surface area contributed by atoms with Crippen molar-refractivity contribution in [2.45, 2.75) is 59.0 Å². The Morgan fingerprint density at radius 1 is 1.12 bits per heavy atom. The number of ether oxygens (including phenoxy) is 1. The first-order chi connectivity index (χ1) is 11.6. The van der Waals surface area contributed by atoms with Crippen LogP contribution in [-0.4, -0.2) is 51.3 Å². The number of amides is 1. The quantitative estimate of drug-likeness (QED) is 0.323. The van der Waals surface area contributed by atoms with Crippen LogP contribution in [0, 0.1) is 11.8 Å². The van der Waals surface area contributed by atoms with Gasteiger partial charge in [0.15, 0.2) is 5.96 Å². The monoisotopic (exact) mass is 340 g/mol. The number of hydrogen-bond acceptors (Lipinski definition) is 3. The molecule has 1 unspecified atom stereocenters. The van der Waals surface area contributed by atoms with E-state index < -0.39 is 0 Å². The molecule has 6 heteroatoms. The highest BCUT2D eigenvalue weighted by Crippen LogP contribution is 2.30. The average molecular weight is 341 g/mol. The molecular weight excluding hydrogens is 304 g/mol. The number of aliphatic imine (C=N–C) groups is 1. The molecule has 0 aromatic rings. The highest BCUT2D eigenvalue weighted by molar-refractivity contribution is 5.80. The van der Waals surface area contributed by atoms with Gasteiger partial charge in [-0.1, -0.05) is 26.7 Å². The molecule has 1 aliphatic carbocycles. The molecule has 140 valence electrons. The van der Waals surface area contributed by atoms with Gasteiger partial charge in [0, 0.05) is 39.2 Å². The van der Waals surface area contributed by atoms with Gasteiger partial charge < -0.3 is 20.7 Å². The summed E-state index contributed by atoms with van der Waals surface area (Å²) in [6, 6.07) is 0. The third kappa shape index (κ3) is 7.99. The summed E-state index contributed by atoms with van der Waals surface area (Å²) in [5.41, 5.74) is 0. The van der Waals surface area contributed by atoms with Crippen LogP contribution in [0.25, 0.3) is 0 Å². The normalized spacial score (nSPS) is 17.1. The van der Waals surface area contributed by atoms with E-state index in [2.05, 4.69) is 27.9 Å². The molecule has 1 rings (SSSR count). The van der Waals surface area contributed by atoms with Gasteiger partial charge in [0.05, 0.1) is 6.10 Å². The number of rotatable bonds is 10. The van der Waals surface area contributed by atoms with E-state index in [4.69, 9.17) is 4.74 Å². The van der Waals surface area contributed by atoms with Crippen molar-refractivity contribution in [2.75, 3.05) is 33.3 Å². The molecule has 0 saturated heterocycles. The summed E-state index contributed by atoms with van der Waals surface area (Å²) in [7, 11) is 1.76. The number of carbonyl (C=O) groups is 1. The van der Waals surface area contributed by atoms with E-state index in [9.17, 15) is 4.79 Å². The molecule has 1 saturated carbocycles. The Hall–Kier alpha value is -1.30. The van der Waals surface area contributed by atoms with Crippen molar-refractivity contribution in [1.29, 1.82) is 0 Å². The Bertz CT molecular complexity index is 379. The Kier molecular flexibility index (Phi) is 10.5. The SMILES string of the molecule is CCOC(CCNC(=NC)NCCNC(=O)C(C)C)C1CCCC1. The Morgan fingerprint density at radius 2 is 1.75 bits per heavy atom. The lowest BCUT2D eigenvalue weighted by atomic mass is 9.98. The summed E-state index contributed by atoms with van der Waals surface area (Å²) in [6.07, 6.45) is 6.64. The minimum atomic E-state index is 0.0218. The van der Waals surface area contributed by atoms with Crippen LogP contribution in [-0.2, 0) is 9.53 Å². The summed E-state index contributed by atoms with van der Waals surface area (Å²) >= 11 is 0. The van der Waals surface area contributed by atoms with Crippen LogP contribution in [0.4, 0.5) is 0 Å². The maximum atomic E-state index is 11.5. The van der Waals surface area contributed by atoms with Crippen LogP contribution in [0.1, 0.15) is 52.9 Å². The number of hydrogen-bond donors (Lipinski definition) is 3. The molecule has 0 aromatic heterocycles. The van der Waals surface area contributed by atoms with Crippen LogP contribution < -0.4 is 16.0 Å². The number of nitrogens with zero attached hydrogens (tertiary/aromatic N) is 1. The fourth-order valence-corrected chi connectivity index (χ4v) is 3.12. The lowest BCUT2D eigenvalue weighted by Crippen LogP contribution is -2.43. The van der Waals surface area contributed by atoms with Gasteiger partial charge >= 0.3 is 0 Å². The molecule has 1 atom stereocenters. The van der Waals surface area contributed by atoms with E-state index >= 15 is 0 Å². The molecule has 0 aromatic carbocycles. The van der Waals surface area contributed by atoms with Gasteiger partial charge in [0.25, 0.3) is 0 Å². The zero-order valence-electron chi connectivity index (χ0n) is 15.9. The van der Waals surface area contributed by atoms with Crippen molar-refractivity contribution in [3.8, 4) is 0 Å². The second-order valence-electron chi connectivity index (χ2n) is 6.70. The lowest BCUT2D eigenvalue weighted by Gasteiger charge is -2.24. The highest BCUT2D eigenvalue weighted by Gasteiger charge is 2.25. The van der Waals surface area contributed by atoms with E-state index in [0.29, 0.717) is 25.1 Å². The van der Waals surface area contributed by atoms with Crippen LogP contribution >= 0.6 is 0 Å². The molecular formula is C18H36N4O2. The molecule has 0 bridgehead atoms. The van der Waals surface area contributed by atoms with E-state index in [1.807, 2.05) is 13.8 Å². The molecule has 0 spiro atoms. The molecule has 1 amide bonds. The Labute approximate surface area is 147 Å². The molecule has 0 aliphatic heterocycles. The van der Waals surface area contributed by atoms with Crippen molar-refractivity contribution in [3.63, 3.8) is 0 Å². The van der Waals surface area contributed by atoms with E-state index in [1.54, 1.807) is 7.05 Å². The zero-order valence-corrected chi connectivity index (χ0v) is 15.9. The Morgan fingerprint density at radius 3 is 2.33 bits per heavy atom. The largest absolute Gasteiger partial charge is 0.378 e. The van der Waals surface area contributed by atoms with E-state index in [-0.39, 0.29) is 11.8 Å². The number of nitrogens with one attached hydrogen (secondary N) is 3. The fourth-order valence-electron chi connectivity index (χ4n) is 3.12. The number of carbonyl (C=O) groups excluding carboxylic acids is 1. The van der Waals surface area contributed by atoms with Crippen LogP contribution in [0.3, 0.4) is 0 Å². The minimum Gasteiger partial charge on any atom is -0.378 e. The summed E-state index contributed by atoms with van der Waals surface area (Å²) in [5.74, 6) is 1.59. The van der Waals surface area contributed by atoms with Crippen molar-refractivity contribution >= 4 is 11.9 Å². The average Bonchev–Trinajstić information content (AvgIpc) is 3.10. The van der Waals surface area contributed by atoms with Gasteiger partial charge in [0.2, 0.25) is 5.91 Å². The first kappa shape index (κ1) is 20.7. The smallest absolute Gasteiger partial charge is 0.222 e. The third-order valence-electron chi connectivity index (χ3n) is 4.49. The van der Waals surface area contributed by atoms with Crippen molar-refractivity contribution in [2.24, 2.45) is 16.8 Å². The highest BCUT2D eigenvalue weighted by atomic mass is 16.5. The summed E-state index contributed by atoms with van der Waals surface area (Å²) < 4.78 is 5.94. The fraction of sp³-hybridized carbons (Fsp3) is 0.889. The standard InChI is InChI=1S/C18H36N4O2/c1-5-24-16(15-8-6-7-9-15)10-11-21-18(19-4)22-13-12-20-17(23)14(2)3/h14-16H,5-13H2,1-4H3,(H,20,23)(H2,19,21,22). The molecule has 6 nitrogen and oxygen atoms in total. The van der Waals surface area contributed by atoms with E-state index in [1.165, 1.54) is 25.7 Å². The third-order valence-corrected chi connectivity index (χ3v) is 4.49. The first-order valence-electron chi connectivity index (χ1n) is 9.42. The van der Waals surface area contributed by atoms with Crippen LogP contribution in [0.2, 0.25) is 0 Å². The molecule has 24 heavy (non-hydrogen) atoms. The summed E-state index contributed by atoms with van der Waals surface area (Å²) in [5, 5.41) is 9.45. The van der Waals surface area contributed by atoms with Crippen molar-refractivity contribution < 1.29 is 9.53 Å². The van der Waals surface area contributed by atoms with Gasteiger partial charge in [-0.3, -0.25) is 9.79 Å². The molecule has 0 radical (unpaired) electrons. The predicted octanol–water partition coefficient (Wildman–Crippen LogP) is 1.91.